The molecule has 2 rings (SSSR count). The van der Waals surface area contributed by atoms with Crippen LogP contribution in [-0.2, 0) is 42.9 Å². The van der Waals surface area contributed by atoms with E-state index in [1.807, 2.05) is 30.3 Å². The molecular weight excluding hydrogens is 394 g/mol. The van der Waals surface area contributed by atoms with Gasteiger partial charge in [0.1, 0.15) is 5.82 Å². The summed E-state index contributed by atoms with van der Waals surface area (Å²) in [5, 5.41) is 0. The number of carbonyl (C=O) groups excluding carboxylic acids is 2. The molecule has 158 valence electrons. The third-order valence-electron chi connectivity index (χ3n) is 4.28. The predicted octanol–water partition coefficient (Wildman–Crippen LogP) is 2.26. The average Bonchev–Trinajstić information content (AvgIpc) is 3.09. The van der Waals surface area contributed by atoms with Crippen LogP contribution in [0.4, 0.5) is 0 Å². The quantitative estimate of drug-likeness (QED) is 0.631. The molecule has 0 fully saturated rings. The number of hydrogen-bond donors (Lipinski definition) is 2. The number of nitrogens with zero attached hydrogens (tertiary/aromatic N) is 1. The van der Waals surface area contributed by atoms with Gasteiger partial charge in [0.2, 0.25) is 0 Å². The Hall–Kier alpha value is -2.68. The molecule has 1 aromatic carbocycles. The summed E-state index contributed by atoms with van der Waals surface area (Å²) in [4.78, 5) is 35.4. The van der Waals surface area contributed by atoms with Crippen molar-refractivity contribution < 1.29 is 22.8 Å². The largest absolute Gasteiger partial charge is 0.348 e. The fourth-order valence-corrected chi connectivity index (χ4v) is 3.33. The highest BCUT2D eigenvalue weighted by molar-refractivity contribution is 7.91. The molecule has 0 saturated heterocycles. The zero-order chi connectivity index (χ0) is 21.5. The Kier molecular flexibility index (Phi) is 7.55. The molecule has 0 saturated carbocycles. The molecule has 8 nitrogen and oxygen atoms in total. The molecule has 2 aromatic rings. The number of carbonyl (C=O) groups is 2. The minimum atomic E-state index is -3.33. The van der Waals surface area contributed by atoms with Crippen molar-refractivity contribution in [3.8, 4) is 0 Å². The second-order valence-electron chi connectivity index (χ2n) is 7.69. The van der Waals surface area contributed by atoms with Crippen LogP contribution in [0, 0.1) is 0 Å². The highest BCUT2D eigenvalue weighted by Crippen LogP contribution is 2.19. The van der Waals surface area contributed by atoms with Crippen LogP contribution in [0.25, 0.3) is 0 Å². The van der Waals surface area contributed by atoms with E-state index < -0.39 is 20.6 Å². The molecule has 1 aromatic heterocycles. The molecule has 2 N–H and O–H groups in total. The van der Waals surface area contributed by atoms with Gasteiger partial charge in [-0.1, -0.05) is 30.3 Å². The first-order chi connectivity index (χ1) is 13.6. The van der Waals surface area contributed by atoms with Crippen molar-refractivity contribution in [3.63, 3.8) is 0 Å². The lowest BCUT2D eigenvalue weighted by Crippen LogP contribution is -2.29. The molecule has 0 aliphatic rings. The van der Waals surface area contributed by atoms with Gasteiger partial charge in [0.05, 0.1) is 22.6 Å². The maximum Gasteiger partial charge on any atom is 0.332 e. The summed E-state index contributed by atoms with van der Waals surface area (Å²) in [5.74, 6) is -0.667. The van der Waals surface area contributed by atoms with Gasteiger partial charge < -0.3 is 9.82 Å². The van der Waals surface area contributed by atoms with E-state index in [4.69, 9.17) is 4.84 Å². The predicted molar refractivity (Wildman–Crippen MR) is 108 cm³/mol. The Bertz CT molecular complexity index is 931. The van der Waals surface area contributed by atoms with E-state index in [-0.39, 0.29) is 30.9 Å². The summed E-state index contributed by atoms with van der Waals surface area (Å²) in [6.07, 6.45) is 2.53. The fraction of sp³-hybridized carbons (Fsp3) is 0.450. The molecule has 0 aliphatic heterocycles. The highest BCUT2D eigenvalue weighted by Gasteiger charge is 2.29. The standard InChI is InChI=1S/C20H27N3O5S/c1-20(2,3)29(26,27)14-16-13-21-17(22-16)10-12-19(25)28-23-18(24)11-9-15-7-5-4-6-8-15/h4-8,13H,9-12,14H2,1-3H3,(H,21,22)(H,23,24). The van der Waals surface area contributed by atoms with Gasteiger partial charge in [0, 0.05) is 19.0 Å². The molecule has 0 atom stereocenters. The third-order valence-corrected chi connectivity index (χ3v) is 6.82. The number of aromatic amines is 1. The van der Waals surface area contributed by atoms with Crippen molar-refractivity contribution in [2.75, 3.05) is 0 Å². The molecule has 1 amide bonds. The van der Waals surface area contributed by atoms with Gasteiger partial charge in [0.25, 0.3) is 5.91 Å². The lowest BCUT2D eigenvalue weighted by Gasteiger charge is -2.18. The van der Waals surface area contributed by atoms with E-state index in [9.17, 15) is 18.0 Å². The molecular formula is C20H27N3O5S. The van der Waals surface area contributed by atoms with Crippen LogP contribution in [0.2, 0.25) is 0 Å². The monoisotopic (exact) mass is 421 g/mol. The first-order valence-electron chi connectivity index (χ1n) is 9.35. The van der Waals surface area contributed by atoms with Gasteiger partial charge in [-0.2, -0.15) is 5.48 Å². The minimum absolute atomic E-state index is 0.00204. The van der Waals surface area contributed by atoms with Crippen molar-refractivity contribution in [2.45, 2.75) is 57.0 Å². The molecule has 29 heavy (non-hydrogen) atoms. The zero-order valence-corrected chi connectivity index (χ0v) is 17.7. The van der Waals surface area contributed by atoms with Crippen LogP contribution >= 0.6 is 0 Å². The van der Waals surface area contributed by atoms with E-state index in [1.54, 1.807) is 20.8 Å². The number of imidazole rings is 1. The number of H-pyrrole nitrogens is 1. The van der Waals surface area contributed by atoms with Crippen molar-refractivity contribution in [3.05, 3.63) is 53.6 Å². The lowest BCUT2D eigenvalue weighted by atomic mass is 10.1. The number of sulfone groups is 1. The number of benzene rings is 1. The Labute approximate surface area is 170 Å². The van der Waals surface area contributed by atoms with Crippen LogP contribution < -0.4 is 5.48 Å². The number of aryl methyl sites for hydroxylation is 2. The van der Waals surface area contributed by atoms with E-state index in [2.05, 4.69) is 15.4 Å². The van der Waals surface area contributed by atoms with E-state index in [0.29, 0.717) is 17.9 Å². The molecule has 0 unspecified atom stereocenters. The van der Waals surface area contributed by atoms with Crippen molar-refractivity contribution in [2.24, 2.45) is 0 Å². The summed E-state index contributed by atoms with van der Waals surface area (Å²) in [7, 11) is -3.33. The smallest absolute Gasteiger partial charge is 0.332 e. The first kappa shape index (κ1) is 22.6. The second kappa shape index (κ2) is 9.69. The van der Waals surface area contributed by atoms with Crippen LogP contribution in [0.3, 0.4) is 0 Å². The summed E-state index contributed by atoms with van der Waals surface area (Å²) in [5.41, 5.74) is 3.57. The highest BCUT2D eigenvalue weighted by atomic mass is 32.2. The van der Waals surface area contributed by atoms with Gasteiger partial charge in [0.15, 0.2) is 9.84 Å². The number of aromatic nitrogens is 2. The lowest BCUT2D eigenvalue weighted by molar-refractivity contribution is -0.158. The Morgan fingerprint density at radius 3 is 2.45 bits per heavy atom. The Morgan fingerprint density at radius 1 is 1.10 bits per heavy atom. The van der Waals surface area contributed by atoms with Crippen molar-refractivity contribution in [1.82, 2.24) is 15.4 Å². The van der Waals surface area contributed by atoms with Crippen molar-refractivity contribution >= 4 is 21.7 Å². The van der Waals surface area contributed by atoms with Gasteiger partial charge >= 0.3 is 5.97 Å². The summed E-state index contributed by atoms with van der Waals surface area (Å²) in [6, 6.07) is 9.53. The zero-order valence-electron chi connectivity index (χ0n) is 16.9. The first-order valence-corrected chi connectivity index (χ1v) is 11.0. The summed E-state index contributed by atoms with van der Waals surface area (Å²) in [6.45, 7) is 4.92. The molecule has 0 bridgehead atoms. The maximum absolute atomic E-state index is 12.2. The number of rotatable bonds is 8. The van der Waals surface area contributed by atoms with Crippen LogP contribution in [-0.4, -0.2) is 35.0 Å². The Balaban J connectivity index is 1.71. The van der Waals surface area contributed by atoms with E-state index in [0.717, 1.165) is 5.56 Å². The van der Waals surface area contributed by atoms with Gasteiger partial charge in [-0.3, -0.25) is 4.79 Å². The van der Waals surface area contributed by atoms with Crippen LogP contribution in [0.15, 0.2) is 36.5 Å². The number of hydroxylamine groups is 1. The molecule has 0 aliphatic carbocycles. The average molecular weight is 422 g/mol. The number of nitrogens with one attached hydrogen (secondary N) is 2. The van der Waals surface area contributed by atoms with Gasteiger partial charge in [-0.05, 0) is 32.8 Å². The number of amides is 1. The van der Waals surface area contributed by atoms with E-state index >= 15 is 0 Å². The third kappa shape index (κ3) is 7.34. The van der Waals surface area contributed by atoms with Gasteiger partial charge in [-0.25, -0.2) is 18.2 Å². The molecule has 0 radical (unpaired) electrons. The normalized spacial score (nSPS) is 11.8. The second-order valence-corrected chi connectivity index (χ2v) is 10.4. The van der Waals surface area contributed by atoms with E-state index in [1.165, 1.54) is 6.20 Å². The fourth-order valence-electron chi connectivity index (χ4n) is 2.36. The van der Waals surface area contributed by atoms with Crippen LogP contribution in [0.1, 0.15) is 50.7 Å². The summed E-state index contributed by atoms with van der Waals surface area (Å²) < 4.78 is 23.6. The van der Waals surface area contributed by atoms with Gasteiger partial charge in [-0.15, -0.1) is 0 Å². The molecule has 0 spiro atoms. The topological polar surface area (TPSA) is 118 Å². The molecule has 9 heteroatoms. The maximum atomic E-state index is 12.2. The minimum Gasteiger partial charge on any atom is -0.348 e. The van der Waals surface area contributed by atoms with Crippen LogP contribution in [0.5, 0.6) is 0 Å². The summed E-state index contributed by atoms with van der Waals surface area (Å²) >= 11 is 0. The number of hydrogen-bond acceptors (Lipinski definition) is 6. The van der Waals surface area contributed by atoms with Crippen molar-refractivity contribution in [1.29, 1.82) is 0 Å². The SMILES string of the molecule is CC(C)(C)S(=O)(=O)Cc1c[nH]c(CCC(=O)ONC(=O)CCc2ccccc2)n1. The Morgan fingerprint density at radius 2 is 1.79 bits per heavy atom. The molecule has 1 heterocycles.